The normalized spacial score (nSPS) is 10.8. The summed E-state index contributed by atoms with van der Waals surface area (Å²) in [6.45, 7) is 1.86. The number of H-pyrrole nitrogens is 1. The molecule has 1 aromatic carbocycles. The van der Waals surface area contributed by atoms with E-state index in [1.165, 1.54) is 0 Å². The maximum atomic E-state index is 12.1. The van der Waals surface area contributed by atoms with Crippen molar-refractivity contribution in [3.05, 3.63) is 46.3 Å². The summed E-state index contributed by atoms with van der Waals surface area (Å²) in [6.07, 6.45) is 1.57. The van der Waals surface area contributed by atoms with Crippen molar-refractivity contribution < 1.29 is 9.21 Å². The van der Waals surface area contributed by atoms with E-state index in [0.29, 0.717) is 17.2 Å². The number of aromatic amines is 1. The van der Waals surface area contributed by atoms with Crippen molar-refractivity contribution in [3.8, 4) is 0 Å². The average Bonchev–Trinajstić information content (AvgIpc) is 2.98. The minimum absolute atomic E-state index is 0.297. The summed E-state index contributed by atoms with van der Waals surface area (Å²) in [4.78, 5) is 12.1. The van der Waals surface area contributed by atoms with E-state index >= 15 is 0 Å². The number of benzene rings is 1. The highest BCUT2D eigenvalue weighted by Gasteiger charge is 2.18. The fourth-order valence-electron chi connectivity index (χ4n) is 1.91. The molecule has 2 aromatic heterocycles. The zero-order valence-electron chi connectivity index (χ0n) is 10.0. The number of amides is 1. The van der Waals surface area contributed by atoms with Gasteiger partial charge in [-0.1, -0.05) is 15.9 Å². The molecule has 2 heterocycles. The van der Waals surface area contributed by atoms with Gasteiger partial charge in [-0.15, -0.1) is 0 Å². The maximum Gasteiger partial charge on any atom is 0.292 e. The lowest BCUT2D eigenvalue weighted by atomic mass is 10.1. The van der Waals surface area contributed by atoms with Crippen LogP contribution in [0.5, 0.6) is 0 Å². The molecule has 0 radical (unpaired) electrons. The van der Waals surface area contributed by atoms with Crippen LogP contribution in [-0.2, 0) is 0 Å². The van der Waals surface area contributed by atoms with Crippen molar-refractivity contribution in [2.45, 2.75) is 6.92 Å². The molecule has 0 aliphatic carbocycles. The third kappa shape index (κ3) is 2.15. The highest BCUT2D eigenvalue weighted by molar-refractivity contribution is 9.10. The first-order valence-corrected chi connectivity index (χ1v) is 6.44. The Morgan fingerprint density at radius 1 is 1.42 bits per heavy atom. The van der Waals surface area contributed by atoms with Gasteiger partial charge in [-0.25, -0.2) is 0 Å². The van der Waals surface area contributed by atoms with Crippen LogP contribution < -0.4 is 5.32 Å². The summed E-state index contributed by atoms with van der Waals surface area (Å²) in [5, 5.41) is 10.1. The number of aryl methyl sites for hydroxylation is 1. The number of furan rings is 1. The van der Waals surface area contributed by atoms with Gasteiger partial charge in [0.1, 0.15) is 11.4 Å². The Morgan fingerprint density at radius 2 is 2.26 bits per heavy atom. The third-order valence-electron chi connectivity index (χ3n) is 2.85. The molecule has 96 valence electrons. The van der Waals surface area contributed by atoms with Crippen LogP contribution in [0.4, 0.5) is 5.82 Å². The van der Waals surface area contributed by atoms with E-state index in [0.717, 1.165) is 15.4 Å². The summed E-state index contributed by atoms with van der Waals surface area (Å²) in [5.41, 5.74) is 1.50. The highest BCUT2D eigenvalue weighted by Crippen LogP contribution is 2.28. The number of carbonyl (C=O) groups excluding carboxylic acids is 1. The molecule has 5 nitrogen and oxygen atoms in total. The topological polar surface area (TPSA) is 70.9 Å². The summed E-state index contributed by atoms with van der Waals surface area (Å²) in [6, 6.07) is 7.31. The number of nitrogens with zero attached hydrogens (tertiary/aromatic N) is 1. The molecule has 0 aliphatic heterocycles. The Kier molecular flexibility index (Phi) is 2.87. The third-order valence-corrected chi connectivity index (χ3v) is 3.35. The van der Waals surface area contributed by atoms with Gasteiger partial charge in [0, 0.05) is 21.5 Å². The number of hydrogen-bond acceptors (Lipinski definition) is 3. The van der Waals surface area contributed by atoms with Crippen LogP contribution in [0, 0.1) is 6.92 Å². The zero-order valence-corrected chi connectivity index (χ0v) is 11.6. The van der Waals surface area contributed by atoms with Crippen molar-refractivity contribution >= 4 is 38.6 Å². The largest absolute Gasteiger partial charge is 0.451 e. The summed E-state index contributed by atoms with van der Waals surface area (Å²) in [5.74, 6) is 0.544. The number of fused-ring (bicyclic) bond motifs is 1. The van der Waals surface area contributed by atoms with Gasteiger partial charge in [0.2, 0.25) is 0 Å². The van der Waals surface area contributed by atoms with E-state index in [9.17, 15) is 4.79 Å². The molecule has 1 amide bonds. The van der Waals surface area contributed by atoms with Crippen LogP contribution in [0.15, 0.2) is 39.4 Å². The second-order valence-electron chi connectivity index (χ2n) is 4.12. The van der Waals surface area contributed by atoms with E-state index < -0.39 is 0 Å². The molecule has 2 N–H and O–H groups in total. The lowest BCUT2D eigenvalue weighted by Crippen LogP contribution is -2.12. The molecule has 0 spiro atoms. The zero-order chi connectivity index (χ0) is 13.4. The molecule has 3 aromatic rings. The Hall–Kier alpha value is -2.08. The average molecular weight is 320 g/mol. The van der Waals surface area contributed by atoms with E-state index in [1.54, 1.807) is 12.3 Å². The molecule has 0 fully saturated rings. The number of halogens is 1. The highest BCUT2D eigenvalue weighted by atomic mass is 79.9. The Bertz CT molecular complexity index is 747. The minimum Gasteiger partial charge on any atom is -0.451 e. The van der Waals surface area contributed by atoms with Gasteiger partial charge in [-0.05, 0) is 25.1 Å². The summed E-state index contributed by atoms with van der Waals surface area (Å²) < 4.78 is 6.55. The monoisotopic (exact) mass is 319 g/mol. The lowest BCUT2D eigenvalue weighted by Gasteiger charge is -1.99. The molecule has 0 aliphatic rings. The number of nitrogens with one attached hydrogen (secondary N) is 2. The quantitative estimate of drug-likeness (QED) is 0.759. The predicted octanol–water partition coefficient (Wildman–Crippen LogP) is 3.48. The number of aromatic nitrogens is 2. The van der Waals surface area contributed by atoms with Crippen molar-refractivity contribution in [2.24, 2.45) is 0 Å². The summed E-state index contributed by atoms with van der Waals surface area (Å²) in [7, 11) is 0. The summed E-state index contributed by atoms with van der Waals surface area (Å²) >= 11 is 3.41. The maximum absolute atomic E-state index is 12.1. The van der Waals surface area contributed by atoms with Crippen molar-refractivity contribution in [2.75, 3.05) is 5.32 Å². The van der Waals surface area contributed by atoms with Gasteiger partial charge < -0.3 is 9.73 Å². The molecule has 0 atom stereocenters. The Balaban J connectivity index is 2.00. The van der Waals surface area contributed by atoms with Crippen LogP contribution in [0.25, 0.3) is 11.0 Å². The van der Waals surface area contributed by atoms with Crippen molar-refractivity contribution in [3.63, 3.8) is 0 Å². The molecule has 0 saturated carbocycles. The minimum atomic E-state index is -0.297. The van der Waals surface area contributed by atoms with Gasteiger partial charge in [-0.3, -0.25) is 9.89 Å². The smallest absolute Gasteiger partial charge is 0.292 e. The number of anilines is 1. The number of carbonyl (C=O) groups is 1. The predicted molar refractivity (Wildman–Crippen MR) is 75.2 cm³/mol. The Labute approximate surface area is 117 Å². The first-order chi connectivity index (χ1) is 9.15. The van der Waals surface area contributed by atoms with E-state index in [1.807, 2.05) is 25.1 Å². The lowest BCUT2D eigenvalue weighted by molar-refractivity contribution is 0.0997. The van der Waals surface area contributed by atoms with Crippen LogP contribution in [-0.4, -0.2) is 16.1 Å². The Morgan fingerprint density at radius 3 is 3.00 bits per heavy atom. The fraction of sp³-hybridized carbons (Fsp3) is 0.0769. The van der Waals surface area contributed by atoms with Gasteiger partial charge in [-0.2, -0.15) is 5.10 Å². The van der Waals surface area contributed by atoms with Gasteiger partial charge >= 0.3 is 0 Å². The first kappa shape index (κ1) is 12.0. The van der Waals surface area contributed by atoms with Crippen LogP contribution in [0.3, 0.4) is 0 Å². The first-order valence-electron chi connectivity index (χ1n) is 5.64. The van der Waals surface area contributed by atoms with Crippen LogP contribution in [0.2, 0.25) is 0 Å². The van der Waals surface area contributed by atoms with Crippen molar-refractivity contribution in [1.82, 2.24) is 10.2 Å². The molecular weight excluding hydrogens is 310 g/mol. The van der Waals surface area contributed by atoms with Crippen LogP contribution in [0.1, 0.15) is 16.1 Å². The fourth-order valence-corrected chi connectivity index (χ4v) is 2.28. The van der Waals surface area contributed by atoms with Crippen molar-refractivity contribution in [1.29, 1.82) is 0 Å². The molecule has 0 unspecified atom stereocenters. The second-order valence-corrected chi connectivity index (χ2v) is 5.04. The molecule has 3 rings (SSSR count). The van der Waals surface area contributed by atoms with Gasteiger partial charge in [0.25, 0.3) is 5.91 Å². The van der Waals surface area contributed by atoms with E-state index in [-0.39, 0.29) is 5.91 Å². The van der Waals surface area contributed by atoms with Gasteiger partial charge in [0.05, 0.1) is 6.20 Å². The molecular formula is C13H10BrN3O2. The standard InChI is InChI=1S/C13H10BrN3O2/c1-7-9-6-8(14)2-3-10(9)19-12(7)13(18)16-11-4-5-15-17-11/h2-6H,1H3,(H2,15,16,17,18). The van der Waals surface area contributed by atoms with Gasteiger partial charge in [0.15, 0.2) is 5.76 Å². The molecule has 6 heteroatoms. The molecule has 19 heavy (non-hydrogen) atoms. The number of hydrogen-bond donors (Lipinski definition) is 2. The van der Waals surface area contributed by atoms with E-state index in [4.69, 9.17) is 4.42 Å². The number of rotatable bonds is 2. The second kappa shape index (κ2) is 4.55. The van der Waals surface area contributed by atoms with E-state index in [2.05, 4.69) is 31.4 Å². The molecule has 0 bridgehead atoms. The molecule has 0 saturated heterocycles. The van der Waals surface area contributed by atoms with Crippen LogP contribution >= 0.6 is 15.9 Å². The SMILES string of the molecule is Cc1c(C(=O)Nc2ccn[nH]2)oc2ccc(Br)cc12.